The van der Waals surface area contributed by atoms with E-state index in [-0.39, 0.29) is 5.91 Å². The zero-order valence-electron chi connectivity index (χ0n) is 16.7. The van der Waals surface area contributed by atoms with E-state index in [1.165, 1.54) is 11.1 Å². The topological polar surface area (TPSA) is 34.5 Å². The van der Waals surface area contributed by atoms with Crippen LogP contribution < -0.4 is 0 Å². The van der Waals surface area contributed by atoms with Crippen molar-refractivity contribution in [1.82, 2.24) is 9.47 Å². The highest BCUT2D eigenvalue weighted by atomic mass is 16.5. The quantitative estimate of drug-likeness (QED) is 0.515. The molecule has 1 aromatic heterocycles. The van der Waals surface area contributed by atoms with E-state index in [1.807, 2.05) is 41.3 Å². The van der Waals surface area contributed by atoms with E-state index < -0.39 is 0 Å². The van der Waals surface area contributed by atoms with Gasteiger partial charge in [-0.05, 0) is 48.7 Å². The molecular formula is C24H28N2O2. The van der Waals surface area contributed by atoms with Crippen molar-refractivity contribution in [2.75, 3.05) is 20.3 Å². The largest absolute Gasteiger partial charge is 0.385 e. The number of methoxy groups -OCH3 is 1. The Morgan fingerprint density at radius 2 is 1.75 bits per heavy atom. The van der Waals surface area contributed by atoms with E-state index in [2.05, 4.69) is 48.0 Å². The van der Waals surface area contributed by atoms with Crippen LogP contribution in [0.4, 0.5) is 0 Å². The molecule has 0 bridgehead atoms. The molecule has 3 rings (SSSR count). The first-order valence-corrected chi connectivity index (χ1v) is 9.71. The minimum absolute atomic E-state index is 0.0559. The van der Waals surface area contributed by atoms with Gasteiger partial charge in [-0.25, -0.2) is 0 Å². The predicted octanol–water partition coefficient (Wildman–Crippen LogP) is 4.52. The molecule has 146 valence electrons. The molecule has 2 aromatic carbocycles. The van der Waals surface area contributed by atoms with Crippen molar-refractivity contribution in [2.24, 2.45) is 0 Å². The van der Waals surface area contributed by atoms with Crippen LogP contribution in [0.3, 0.4) is 0 Å². The summed E-state index contributed by atoms with van der Waals surface area (Å²) in [6, 6.07) is 22.1. The highest BCUT2D eigenvalue weighted by Gasteiger charge is 2.17. The summed E-state index contributed by atoms with van der Waals surface area (Å²) in [6.45, 7) is 4.82. The molecule has 0 atom stereocenters. The van der Waals surface area contributed by atoms with Crippen LogP contribution >= 0.6 is 0 Å². The fraction of sp³-hybridized carbons (Fsp3) is 0.292. The lowest BCUT2D eigenvalue weighted by Gasteiger charge is -2.24. The summed E-state index contributed by atoms with van der Waals surface area (Å²) >= 11 is 0. The van der Waals surface area contributed by atoms with Crippen LogP contribution in [0.5, 0.6) is 0 Å². The monoisotopic (exact) mass is 376 g/mol. The molecule has 4 nitrogen and oxygen atoms in total. The van der Waals surface area contributed by atoms with E-state index in [0.717, 1.165) is 24.2 Å². The molecule has 0 saturated heterocycles. The molecule has 0 aliphatic heterocycles. The minimum Gasteiger partial charge on any atom is -0.385 e. The molecule has 0 unspecified atom stereocenters. The van der Waals surface area contributed by atoms with E-state index in [9.17, 15) is 4.79 Å². The summed E-state index contributed by atoms with van der Waals surface area (Å²) in [6.07, 6.45) is 2.90. The first-order valence-electron chi connectivity index (χ1n) is 9.71. The summed E-state index contributed by atoms with van der Waals surface area (Å²) < 4.78 is 7.41. The van der Waals surface area contributed by atoms with Gasteiger partial charge in [0.2, 0.25) is 0 Å². The maximum atomic E-state index is 13.1. The normalized spacial score (nSPS) is 10.8. The highest BCUT2D eigenvalue weighted by Crippen LogP contribution is 2.15. The Balaban J connectivity index is 1.78. The number of carbonyl (C=O) groups is 1. The van der Waals surface area contributed by atoms with Crippen molar-refractivity contribution in [1.29, 1.82) is 0 Å². The summed E-state index contributed by atoms with van der Waals surface area (Å²) in [4.78, 5) is 15.0. The molecule has 3 aromatic rings. The second kappa shape index (κ2) is 9.90. The van der Waals surface area contributed by atoms with Gasteiger partial charge < -0.3 is 14.2 Å². The van der Waals surface area contributed by atoms with Crippen molar-refractivity contribution in [2.45, 2.75) is 26.4 Å². The average Bonchev–Trinajstić information content (AvgIpc) is 3.16. The van der Waals surface area contributed by atoms with Crippen LogP contribution in [-0.4, -0.2) is 35.6 Å². The Morgan fingerprint density at radius 3 is 2.50 bits per heavy atom. The summed E-state index contributed by atoms with van der Waals surface area (Å²) in [5.74, 6) is 0.0559. The summed E-state index contributed by atoms with van der Waals surface area (Å²) in [5, 5.41) is 0. The van der Waals surface area contributed by atoms with Gasteiger partial charge in [-0.2, -0.15) is 0 Å². The van der Waals surface area contributed by atoms with Crippen molar-refractivity contribution in [3.8, 4) is 0 Å². The number of benzene rings is 2. The lowest BCUT2D eigenvalue weighted by atomic mass is 10.1. The van der Waals surface area contributed by atoms with Crippen molar-refractivity contribution < 1.29 is 9.53 Å². The molecule has 1 amide bonds. The maximum absolute atomic E-state index is 13.1. The number of aryl methyl sites for hydroxylation is 1. The second-order valence-corrected chi connectivity index (χ2v) is 6.99. The molecule has 0 radical (unpaired) electrons. The number of nitrogens with zero attached hydrogens (tertiary/aromatic N) is 2. The van der Waals surface area contributed by atoms with Gasteiger partial charge in [-0.1, -0.05) is 42.5 Å². The molecule has 0 saturated carbocycles. The van der Waals surface area contributed by atoms with Crippen LogP contribution in [0.1, 0.15) is 33.6 Å². The third-order valence-corrected chi connectivity index (χ3v) is 4.96. The SMILES string of the molecule is COCCCN(Cc1cccn1Cc1ccccc1C)C(=O)c1ccccc1. The Hall–Kier alpha value is -2.85. The number of hydrogen-bond acceptors (Lipinski definition) is 2. The molecular weight excluding hydrogens is 348 g/mol. The minimum atomic E-state index is 0.0559. The van der Waals surface area contributed by atoms with Crippen molar-refractivity contribution >= 4 is 5.91 Å². The van der Waals surface area contributed by atoms with Crippen LogP contribution in [0.2, 0.25) is 0 Å². The molecule has 0 aliphatic carbocycles. The fourth-order valence-corrected chi connectivity index (χ4v) is 3.33. The number of hydrogen-bond donors (Lipinski definition) is 0. The van der Waals surface area contributed by atoms with E-state index >= 15 is 0 Å². The summed E-state index contributed by atoms with van der Waals surface area (Å²) in [5.41, 5.74) is 4.42. The van der Waals surface area contributed by atoms with Gasteiger partial charge in [-0.15, -0.1) is 0 Å². The van der Waals surface area contributed by atoms with Crippen LogP contribution in [0, 0.1) is 6.92 Å². The highest BCUT2D eigenvalue weighted by molar-refractivity contribution is 5.94. The van der Waals surface area contributed by atoms with E-state index in [4.69, 9.17) is 4.74 Å². The van der Waals surface area contributed by atoms with Gasteiger partial charge in [0.25, 0.3) is 5.91 Å². The standard InChI is InChI=1S/C24H28N2O2/c1-20-10-6-7-13-22(20)18-25-15-8-14-23(25)19-26(16-9-17-28-2)24(27)21-11-4-3-5-12-21/h3-8,10-15H,9,16-19H2,1-2H3. The maximum Gasteiger partial charge on any atom is 0.254 e. The Bertz CT molecular complexity index is 886. The average molecular weight is 377 g/mol. The van der Waals surface area contributed by atoms with Gasteiger partial charge in [0.05, 0.1) is 6.54 Å². The fourth-order valence-electron chi connectivity index (χ4n) is 3.33. The molecule has 4 heteroatoms. The van der Waals surface area contributed by atoms with Gasteiger partial charge >= 0.3 is 0 Å². The number of rotatable bonds is 9. The summed E-state index contributed by atoms with van der Waals surface area (Å²) in [7, 11) is 1.69. The molecule has 1 heterocycles. The predicted molar refractivity (Wildman–Crippen MR) is 112 cm³/mol. The van der Waals surface area contributed by atoms with Crippen molar-refractivity contribution in [3.63, 3.8) is 0 Å². The molecule has 28 heavy (non-hydrogen) atoms. The lowest BCUT2D eigenvalue weighted by Crippen LogP contribution is -2.33. The molecule has 0 spiro atoms. The smallest absolute Gasteiger partial charge is 0.254 e. The number of carbonyl (C=O) groups excluding carboxylic acids is 1. The lowest BCUT2D eigenvalue weighted by molar-refractivity contribution is 0.0720. The third-order valence-electron chi connectivity index (χ3n) is 4.96. The van der Waals surface area contributed by atoms with Gasteiger partial charge in [0.1, 0.15) is 0 Å². The first-order chi connectivity index (χ1) is 13.7. The zero-order chi connectivity index (χ0) is 19.8. The number of ether oxygens (including phenoxy) is 1. The molecule has 0 N–H and O–H groups in total. The number of aromatic nitrogens is 1. The first kappa shape index (κ1) is 19.9. The van der Waals surface area contributed by atoms with Gasteiger partial charge in [0.15, 0.2) is 0 Å². The Labute approximate surface area is 167 Å². The zero-order valence-corrected chi connectivity index (χ0v) is 16.7. The Morgan fingerprint density at radius 1 is 1.00 bits per heavy atom. The van der Waals surface area contributed by atoms with E-state index in [0.29, 0.717) is 19.7 Å². The van der Waals surface area contributed by atoms with Gasteiger partial charge in [0, 0.05) is 44.3 Å². The van der Waals surface area contributed by atoms with Crippen LogP contribution in [0.15, 0.2) is 72.9 Å². The molecule has 0 aliphatic rings. The molecule has 0 fully saturated rings. The second-order valence-electron chi connectivity index (χ2n) is 6.99. The van der Waals surface area contributed by atoms with Crippen LogP contribution in [-0.2, 0) is 17.8 Å². The van der Waals surface area contributed by atoms with E-state index in [1.54, 1.807) is 7.11 Å². The van der Waals surface area contributed by atoms with Crippen LogP contribution in [0.25, 0.3) is 0 Å². The van der Waals surface area contributed by atoms with Crippen molar-refractivity contribution in [3.05, 3.63) is 95.3 Å². The van der Waals surface area contributed by atoms with Gasteiger partial charge in [-0.3, -0.25) is 4.79 Å². The Kier molecular flexibility index (Phi) is 7.04. The number of amides is 1. The third kappa shape index (κ3) is 5.11.